The maximum atomic E-state index is 10.0. The molecule has 0 unspecified atom stereocenters. The van der Waals surface area contributed by atoms with Crippen molar-refractivity contribution in [3.8, 4) is 5.75 Å². The van der Waals surface area contributed by atoms with Crippen LogP contribution < -0.4 is 10.2 Å². The summed E-state index contributed by atoms with van der Waals surface area (Å²) in [6.07, 6.45) is 0.944. The molecule has 0 aliphatic carbocycles. The fourth-order valence-corrected chi connectivity index (χ4v) is 2.99. The molecule has 1 aliphatic heterocycles. The molecule has 6 nitrogen and oxygen atoms in total. The molecule has 0 saturated carbocycles. The van der Waals surface area contributed by atoms with Crippen LogP contribution >= 0.6 is 0 Å². The quantitative estimate of drug-likeness (QED) is 0.423. The molecule has 146 valence electrons. The summed E-state index contributed by atoms with van der Waals surface area (Å²) in [5.41, 5.74) is 0.913. The molecule has 0 amide bonds. The second kappa shape index (κ2) is 10.9. The third-order valence-corrected chi connectivity index (χ3v) is 4.30. The number of hydrogen-bond donors (Lipinski definition) is 2. The first-order valence-electron chi connectivity index (χ1n) is 9.75. The number of ether oxygens (including phenoxy) is 1. The molecule has 1 heterocycles. The van der Waals surface area contributed by atoms with Crippen LogP contribution in [0.5, 0.6) is 5.75 Å². The van der Waals surface area contributed by atoms with Crippen LogP contribution in [0.4, 0.5) is 5.69 Å². The van der Waals surface area contributed by atoms with Crippen LogP contribution in [-0.2, 0) is 4.74 Å². The van der Waals surface area contributed by atoms with E-state index < -0.39 is 0 Å². The summed E-state index contributed by atoms with van der Waals surface area (Å²) >= 11 is 0. The SMILES string of the molecule is CCNC(=NCCCOCC(C)C)N1CCN(c2ccccc2O)CC1. The van der Waals surface area contributed by atoms with E-state index >= 15 is 0 Å². The Hall–Kier alpha value is -1.95. The minimum Gasteiger partial charge on any atom is -0.506 e. The number of anilines is 1. The predicted octanol–water partition coefficient (Wildman–Crippen LogP) is 2.54. The van der Waals surface area contributed by atoms with Crippen molar-refractivity contribution in [2.45, 2.75) is 27.2 Å². The fraction of sp³-hybridized carbons (Fsp3) is 0.650. The Labute approximate surface area is 157 Å². The summed E-state index contributed by atoms with van der Waals surface area (Å²) in [5.74, 6) is 1.91. The summed E-state index contributed by atoms with van der Waals surface area (Å²) < 4.78 is 5.62. The fourth-order valence-electron chi connectivity index (χ4n) is 2.99. The van der Waals surface area contributed by atoms with Crippen molar-refractivity contribution in [3.05, 3.63) is 24.3 Å². The van der Waals surface area contributed by atoms with Gasteiger partial charge in [0.1, 0.15) is 5.75 Å². The van der Waals surface area contributed by atoms with Crippen molar-refractivity contribution in [2.24, 2.45) is 10.9 Å². The van der Waals surface area contributed by atoms with Crippen LogP contribution in [-0.4, -0.2) is 68.4 Å². The van der Waals surface area contributed by atoms with Crippen molar-refractivity contribution in [2.75, 3.05) is 57.4 Å². The zero-order chi connectivity index (χ0) is 18.8. The predicted molar refractivity (Wildman–Crippen MR) is 108 cm³/mol. The van der Waals surface area contributed by atoms with E-state index in [1.54, 1.807) is 6.07 Å². The number of rotatable bonds is 8. The van der Waals surface area contributed by atoms with E-state index in [0.717, 1.165) is 70.6 Å². The minimum atomic E-state index is 0.350. The summed E-state index contributed by atoms with van der Waals surface area (Å²) in [6, 6.07) is 7.54. The van der Waals surface area contributed by atoms with E-state index in [1.807, 2.05) is 18.2 Å². The Morgan fingerprint density at radius 1 is 1.23 bits per heavy atom. The van der Waals surface area contributed by atoms with E-state index in [9.17, 15) is 5.11 Å². The van der Waals surface area contributed by atoms with Crippen LogP contribution in [0.15, 0.2) is 29.3 Å². The normalized spacial score (nSPS) is 15.6. The van der Waals surface area contributed by atoms with Crippen LogP contribution in [0, 0.1) is 5.92 Å². The van der Waals surface area contributed by atoms with Crippen LogP contribution in [0.3, 0.4) is 0 Å². The molecule has 2 N–H and O–H groups in total. The lowest BCUT2D eigenvalue weighted by atomic mass is 10.2. The molecule has 0 aromatic heterocycles. The van der Waals surface area contributed by atoms with Gasteiger partial charge in [-0.2, -0.15) is 0 Å². The van der Waals surface area contributed by atoms with Crippen LogP contribution in [0.25, 0.3) is 0 Å². The highest BCUT2D eigenvalue weighted by Crippen LogP contribution is 2.27. The van der Waals surface area contributed by atoms with Gasteiger partial charge in [0.05, 0.1) is 5.69 Å². The van der Waals surface area contributed by atoms with E-state index in [2.05, 4.69) is 35.9 Å². The second-order valence-electron chi connectivity index (χ2n) is 7.02. The average molecular weight is 363 g/mol. The molecule has 0 atom stereocenters. The molecule has 1 aliphatic rings. The zero-order valence-electron chi connectivity index (χ0n) is 16.4. The van der Waals surface area contributed by atoms with Gasteiger partial charge in [-0.15, -0.1) is 0 Å². The Balaban J connectivity index is 1.81. The minimum absolute atomic E-state index is 0.350. The highest BCUT2D eigenvalue weighted by molar-refractivity contribution is 5.80. The molecule has 2 rings (SSSR count). The molecule has 0 spiro atoms. The first-order valence-corrected chi connectivity index (χ1v) is 9.75. The van der Waals surface area contributed by atoms with Gasteiger partial charge < -0.3 is 25.0 Å². The molecule has 1 fully saturated rings. The van der Waals surface area contributed by atoms with E-state index in [1.165, 1.54) is 0 Å². The van der Waals surface area contributed by atoms with E-state index in [0.29, 0.717) is 11.7 Å². The highest BCUT2D eigenvalue weighted by Gasteiger charge is 2.21. The second-order valence-corrected chi connectivity index (χ2v) is 7.02. The van der Waals surface area contributed by atoms with Gasteiger partial charge in [0, 0.05) is 52.5 Å². The first kappa shape index (κ1) is 20.4. The number of benzene rings is 1. The number of para-hydroxylation sites is 2. The lowest BCUT2D eigenvalue weighted by Crippen LogP contribution is -2.52. The maximum Gasteiger partial charge on any atom is 0.194 e. The van der Waals surface area contributed by atoms with Gasteiger partial charge >= 0.3 is 0 Å². The first-order chi connectivity index (χ1) is 12.6. The molecule has 0 bridgehead atoms. The highest BCUT2D eigenvalue weighted by atomic mass is 16.5. The van der Waals surface area contributed by atoms with Crippen molar-refractivity contribution in [3.63, 3.8) is 0 Å². The number of aliphatic imine (C=N–C) groups is 1. The van der Waals surface area contributed by atoms with Gasteiger partial charge in [-0.1, -0.05) is 26.0 Å². The van der Waals surface area contributed by atoms with Crippen LogP contribution in [0.2, 0.25) is 0 Å². The summed E-state index contributed by atoms with van der Waals surface area (Å²) in [7, 11) is 0. The molecule has 1 saturated heterocycles. The van der Waals surface area contributed by atoms with Crippen LogP contribution in [0.1, 0.15) is 27.2 Å². The molecule has 0 radical (unpaired) electrons. The number of nitrogens with zero attached hydrogens (tertiary/aromatic N) is 3. The Morgan fingerprint density at radius 2 is 1.96 bits per heavy atom. The zero-order valence-corrected chi connectivity index (χ0v) is 16.4. The summed E-state index contributed by atoms with van der Waals surface area (Å²) in [5, 5.41) is 13.4. The van der Waals surface area contributed by atoms with Gasteiger partial charge in [0.2, 0.25) is 0 Å². The monoisotopic (exact) mass is 362 g/mol. The molecule has 1 aromatic carbocycles. The third-order valence-electron chi connectivity index (χ3n) is 4.30. The van der Waals surface area contributed by atoms with E-state index in [-0.39, 0.29) is 0 Å². The molecule has 6 heteroatoms. The number of phenols is 1. The van der Waals surface area contributed by atoms with Crippen molar-refractivity contribution in [1.82, 2.24) is 10.2 Å². The summed E-state index contributed by atoms with van der Waals surface area (Å²) in [6.45, 7) is 13.2. The topological polar surface area (TPSA) is 60.3 Å². The number of phenolic OH excluding ortho intramolecular Hbond substituents is 1. The molecular formula is C20H34N4O2. The largest absolute Gasteiger partial charge is 0.506 e. The lowest BCUT2D eigenvalue weighted by molar-refractivity contribution is 0.109. The van der Waals surface area contributed by atoms with Gasteiger partial charge in [0.25, 0.3) is 0 Å². The molecule has 26 heavy (non-hydrogen) atoms. The van der Waals surface area contributed by atoms with Crippen molar-refractivity contribution >= 4 is 11.6 Å². The Bertz CT molecular complexity index is 554. The smallest absolute Gasteiger partial charge is 0.194 e. The van der Waals surface area contributed by atoms with Gasteiger partial charge in [-0.25, -0.2) is 0 Å². The standard InChI is InChI=1S/C20H34N4O2/c1-4-21-20(22-10-7-15-26-16-17(2)3)24-13-11-23(12-14-24)18-8-5-6-9-19(18)25/h5-6,8-9,17,25H,4,7,10-16H2,1-3H3,(H,21,22). The number of guanidine groups is 1. The molecule has 1 aromatic rings. The number of piperazine rings is 1. The van der Waals surface area contributed by atoms with Crippen molar-refractivity contribution < 1.29 is 9.84 Å². The third kappa shape index (κ3) is 6.41. The Kier molecular flexibility index (Phi) is 8.54. The maximum absolute atomic E-state index is 10.0. The lowest BCUT2D eigenvalue weighted by Gasteiger charge is -2.37. The number of nitrogens with one attached hydrogen (secondary N) is 1. The van der Waals surface area contributed by atoms with Crippen molar-refractivity contribution in [1.29, 1.82) is 0 Å². The van der Waals surface area contributed by atoms with Gasteiger partial charge in [-0.05, 0) is 31.4 Å². The average Bonchev–Trinajstić information content (AvgIpc) is 2.64. The van der Waals surface area contributed by atoms with Gasteiger partial charge in [0.15, 0.2) is 5.96 Å². The van der Waals surface area contributed by atoms with Gasteiger partial charge in [-0.3, -0.25) is 4.99 Å². The number of hydrogen-bond acceptors (Lipinski definition) is 4. The Morgan fingerprint density at radius 3 is 2.62 bits per heavy atom. The van der Waals surface area contributed by atoms with E-state index in [4.69, 9.17) is 9.73 Å². The number of aromatic hydroxyl groups is 1. The summed E-state index contributed by atoms with van der Waals surface area (Å²) in [4.78, 5) is 9.28. The molecular weight excluding hydrogens is 328 g/mol.